The minimum absolute atomic E-state index is 0.0279. The molecule has 2 N–H and O–H groups in total. The summed E-state index contributed by atoms with van der Waals surface area (Å²) in [6, 6.07) is 7.13. The van der Waals surface area contributed by atoms with Crippen LogP contribution in [0, 0.1) is 0 Å². The standard InChI is InChI=1S/C18H21N3O4/c22-15(19-10-13-5-3-9-25-13)11-21-16(23)18(20-17(21)24)8-7-12-4-1-2-6-14(12)18/h1-2,4,6,13H,3,5,7-11H2,(H,19,22)(H,20,24)/t13-,18-/m1/s1. The highest BCUT2D eigenvalue weighted by molar-refractivity contribution is 6.09. The van der Waals surface area contributed by atoms with E-state index in [2.05, 4.69) is 10.6 Å². The Labute approximate surface area is 145 Å². The molecule has 1 aromatic carbocycles. The van der Waals surface area contributed by atoms with Gasteiger partial charge in [0.15, 0.2) is 0 Å². The maximum atomic E-state index is 12.9. The molecule has 2 aliphatic heterocycles. The molecule has 3 aliphatic rings. The third-order valence-corrected chi connectivity index (χ3v) is 5.27. The molecular weight excluding hydrogens is 322 g/mol. The summed E-state index contributed by atoms with van der Waals surface area (Å²) in [4.78, 5) is 38.5. The van der Waals surface area contributed by atoms with E-state index in [0.717, 1.165) is 41.9 Å². The molecule has 4 amide bonds. The van der Waals surface area contributed by atoms with Gasteiger partial charge in [-0.25, -0.2) is 4.79 Å². The molecule has 2 saturated heterocycles. The van der Waals surface area contributed by atoms with Crippen molar-refractivity contribution in [2.45, 2.75) is 37.3 Å². The number of nitrogens with one attached hydrogen (secondary N) is 2. The topological polar surface area (TPSA) is 87.7 Å². The molecule has 1 aliphatic carbocycles. The summed E-state index contributed by atoms with van der Waals surface area (Å²) < 4.78 is 5.46. The predicted molar refractivity (Wildman–Crippen MR) is 88.7 cm³/mol. The predicted octanol–water partition coefficient (Wildman–Crippen LogP) is 0.675. The van der Waals surface area contributed by atoms with Gasteiger partial charge in [0.1, 0.15) is 12.1 Å². The number of nitrogens with zero attached hydrogens (tertiary/aromatic N) is 1. The van der Waals surface area contributed by atoms with Crippen molar-refractivity contribution >= 4 is 17.8 Å². The Morgan fingerprint density at radius 1 is 1.36 bits per heavy atom. The van der Waals surface area contributed by atoms with Gasteiger partial charge in [0.2, 0.25) is 5.91 Å². The Bertz CT molecular complexity index is 729. The molecule has 2 fully saturated rings. The van der Waals surface area contributed by atoms with Crippen molar-refractivity contribution in [2.24, 2.45) is 0 Å². The van der Waals surface area contributed by atoms with Crippen molar-refractivity contribution in [1.29, 1.82) is 0 Å². The first-order valence-electron chi connectivity index (χ1n) is 8.71. The van der Waals surface area contributed by atoms with Gasteiger partial charge in [-0.05, 0) is 36.8 Å². The number of imide groups is 1. The second-order valence-corrected chi connectivity index (χ2v) is 6.82. The summed E-state index contributed by atoms with van der Waals surface area (Å²) >= 11 is 0. The molecular formula is C18H21N3O4. The highest BCUT2D eigenvalue weighted by Crippen LogP contribution is 2.41. The number of benzene rings is 1. The van der Waals surface area contributed by atoms with Crippen molar-refractivity contribution in [3.8, 4) is 0 Å². The number of carbonyl (C=O) groups excluding carboxylic acids is 3. The van der Waals surface area contributed by atoms with Gasteiger partial charge in [-0.15, -0.1) is 0 Å². The summed E-state index contributed by atoms with van der Waals surface area (Å²) in [5, 5.41) is 5.57. The van der Waals surface area contributed by atoms with Crippen LogP contribution in [-0.4, -0.2) is 48.5 Å². The Hall–Kier alpha value is -2.41. The van der Waals surface area contributed by atoms with Crippen molar-refractivity contribution in [3.05, 3.63) is 35.4 Å². The Balaban J connectivity index is 1.44. The lowest BCUT2D eigenvalue weighted by Gasteiger charge is -2.22. The second kappa shape index (κ2) is 6.15. The molecule has 132 valence electrons. The third-order valence-electron chi connectivity index (χ3n) is 5.27. The molecule has 7 nitrogen and oxygen atoms in total. The Kier molecular flexibility index (Phi) is 3.95. The van der Waals surface area contributed by atoms with Crippen LogP contribution >= 0.6 is 0 Å². The minimum atomic E-state index is -1.01. The van der Waals surface area contributed by atoms with Gasteiger partial charge < -0.3 is 15.4 Å². The zero-order valence-corrected chi connectivity index (χ0v) is 13.9. The molecule has 1 spiro atoms. The molecule has 25 heavy (non-hydrogen) atoms. The average molecular weight is 343 g/mol. The van der Waals surface area contributed by atoms with Crippen LogP contribution in [0.25, 0.3) is 0 Å². The molecule has 0 unspecified atom stereocenters. The number of urea groups is 1. The molecule has 2 atom stereocenters. The number of hydrogen-bond acceptors (Lipinski definition) is 4. The summed E-state index contributed by atoms with van der Waals surface area (Å²) in [5.74, 6) is -0.683. The van der Waals surface area contributed by atoms with Crippen LogP contribution in [0.1, 0.15) is 30.4 Å². The highest BCUT2D eigenvalue weighted by atomic mass is 16.5. The van der Waals surface area contributed by atoms with E-state index in [1.165, 1.54) is 0 Å². The summed E-state index contributed by atoms with van der Waals surface area (Å²) in [7, 11) is 0. The number of amides is 4. The highest BCUT2D eigenvalue weighted by Gasteiger charge is 2.55. The van der Waals surface area contributed by atoms with Crippen molar-refractivity contribution in [3.63, 3.8) is 0 Å². The zero-order valence-electron chi connectivity index (χ0n) is 13.9. The van der Waals surface area contributed by atoms with Crippen molar-refractivity contribution < 1.29 is 19.1 Å². The van der Waals surface area contributed by atoms with Gasteiger partial charge in [-0.3, -0.25) is 14.5 Å². The molecule has 7 heteroatoms. The quantitative estimate of drug-likeness (QED) is 0.787. The number of rotatable bonds is 4. The van der Waals surface area contributed by atoms with E-state index < -0.39 is 11.6 Å². The first kappa shape index (κ1) is 16.1. The summed E-state index contributed by atoms with van der Waals surface area (Å²) in [6.45, 7) is 0.868. The van der Waals surface area contributed by atoms with Crippen molar-refractivity contribution in [1.82, 2.24) is 15.5 Å². The molecule has 0 saturated carbocycles. The molecule has 4 rings (SSSR count). The molecule has 0 radical (unpaired) electrons. The molecule has 1 aromatic rings. The van der Waals surface area contributed by atoms with Gasteiger partial charge in [0.05, 0.1) is 6.10 Å². The van der Waals surface area contributed by atoms with E-state index in [4.69, 9.17) is 4.74 Å². The van der Waals surface area contributed by atoms with E-state index in [-0.39, 0.29) is 24.5 Å². The lowest BCUT2D eigenvalue weighted by Crippen LogP contribution is -2.44. The lowest BCUT2D eigenvalue weighted by molar-refractivity contribution is -0.135. The smallest absolute Gasteiger partial charge is 0.325 e. The zero-order chi connectivity index (χ0) is 17.4. The van der Waals surface area contributed by atoms with E-state index in [1.807, 2.05) is 24.3 Å². The monoisotopic (exact) mass is 343 g/mol. The lowest BCUT2D eigenvalue weighted by atomic mass is 9.92. The fourth-order valence-corrected chi connectivity index (χ4v) is 3.97. The van der Waals surface area contributed by atoms with Crippen LogP contribution < -0.4 is 10.6 Å². The van der Waals surface area contributed by atoms with Crippen LogP contribution in [-0.2, 0) is 26.3 Å². The van der Waals surface area contributed by atoms with E-state index in [1.54, 1.807) is 0 Å². The molecule has 0 aromatic heterocycles. The van der Waals surface area contributed by atoms with Gasteiger partial charge in [0, 0.05) is 13.2 Å². The second-order valence-electron chi connectivity index (χ2n) is 6.82. The fourth-order valence-electron chi connectivity index (χ4n) is 3.97. The molecule has 2 heterocycles. The van der Waals surface area contributed by atoms with Crippen LogP contribution in [0.3, 0.4) is 0 Å². The minimum Gasteiger partial charge on any atom is -0.376 e. The first-order chi connectivity index (χ1) is 12.1. The van der Waals surface area contributed by atoms with E-state index >= 15 is 0 Å². The normalized spacial score (nSPS) is 27.7. The number of carbonyl (C=O) groups is 3. The Morgan fingerprint density at radius 3 is 3.00 bits per heavy atom. The maximum absolute atomic E-state index is 12.9. The number of aryl methyl sites for hydroxylation is 1. The van der Waals surface area contributed by atoms with E-state index in [9.17, 15) is 14.4 Å². The van der Waals surface area contributed by atoms with Crippen LogP contribution in [0.4, 0.5) is 4.79 Å². The van der Waals surface area contributed by atoms with Gasteiger partial charge in [0.25, 0.3) is 5.91 Å². The van der Waals surface area contributed by atoms with Gasteiger partial charge in [-0.1, -0.05) is 24.3 Å². The average Bonchev–Trinajstić information content (AvgIpc) is 3.31. The maximum Gasteiger partial charge on any atom is 0.325 e. The van der Waals surface area contributed by atoms with E-state index in [0.29, 0.717) is 13.0 Å². The van der Waals surface area contributed by atoms with Crippen molar-refractivity contribution in [2.75, 3.05) is 19.7 Å². The number of ether oxygens (including phenoxy) is 1. The first-order valence-corrected chi connectivity index (χ1v) is 8.71. The summed E-state index contributed by atoms with van der Waals surface area (Å²) in [6.07, 6.45) is 3.21. The van der Waals surface area contributed by atoms with Crippen LogP contribution in [0.15, 0.2) is 24.3 Å². The summed E-state index contributed by atoms with van der Waals surface area (Å²) in [5.41, 5.74) is 0.902. The SMILES string of the molecule is O=C(CN1C(=O)N[C@@]2(CCc3ccccc32)C1=O)NC[C@H]1CCCO1. The number of fused-ring (bicyclic) bond motifs is 2. The molecule has 0 bridgehead atoms. The number of hydrogen-bond donors (Lipinski definition) is 2. The largest absolute Gasteiger partial charge is 0.376 e. The van der Waals surface area contributed by atoms with Gasteiger partial charge >= 0.3 is 6.03 Å². The fraction of sp³-hybridized carbons (Fsp3) is 0.500. The van der Waals surface area contributed by atoms with Gasteiger partial charge in [-0.2, -0.15) is 0 Å². The third kappa shape index (κ3) is 2.68. The van der Waals surface area contributed by atoms with Crippen LogP contribution in [0.2, 0.25) is 0 Å². The van der Waals surface area contributed by atoms with Crippen LogP contribution in [0.5, 0.6) is 0 Å². The Morgan fingerprint density at radius 2 is 2.20 bits per heavy atom.